The molecule has 1 aromatic carbocycles. The Morgan fingerprint density at radius 2 is 2.00 bits per heavy atom. The molecule has 2 rings (SSSR count). The zero-order chi connectivity index (χ0) is 14.5. The van der Waals surface area contributed by atoms with E-state index in [2.05, 4.69) is 10.4 Å². The van der Waals surface area contributed by atoms with Gasteiger partial charge in [-0.15, -0.1) is 0 Å². The minimum absolute atomic E-state index is 0.0709. The lowest BCUT2D eigenvalue weighted by Crippen LogP contribution is -2.27. The Morgan fingerprint density at radius 3 is 2.65 bits per heavy atom. The van der Waals surface area contributed by atoms with E-state index in [0.717, 1.165) is 11.1 Å². The number of hydrogen-bond donors (Lipinski definition) is 2. The van der Waals surface area contributed by atoms with Gasteiger partial charge in [0, 0.05) is 26.0 Å². The van der Waals surface area contributed by atoms with E-state index in [1.54, 1.807) is 24.3 Å². The fourth-order valence-corrected chi connectivity index (χ4v) is 2.00. The first-order valence-corrected chi connectivity index (χ1v) is 6.33. The Hall–Kier alpha value is -2.40. The molecule has 1 aromatic heterocycles. The maximum atomic E-state index is 12.5. The van der Waals surface area contributed by atoms with Crippen molar-refractivity contribution >= 4 is 11.6 Å². The van der Waals surface area contributed by atoms with Gasteiger partial charge in [-0.1, -0.05) is 11.6 Å². The number of nitrogens with one attached hydrogen (secondary N) is 1. The predicted molar refractivity (Wildman–Crippen MR) is 79.0 cm³/mol. The molecule has 0 aliphatic heterocycles. The van der Waals surface area contributed by atoms with Crippen LogP contribution in [0.3, 0.4) is 0 Å². The standard InChI is InChI=1S/C15H18N4O/c1-11-3-4-14(18-16)13(9-11)15(20)19(2)10-12-5-7-17-8-6-12/h3-9,18H,10,16H2,1-2H3. The molecule has 0 bridgehead atoms. The molecule has 0 fully saturated rings. The van der Waals surface area contributed by atoms with Crippen molar-refractivity contribution in [1.82, 2.24) is 9.88 Å². The summed E-state index contributed by atoms with van der Waals surface area (Å²) < 4.78 is 0. The number of hydrazine groups is 1. The SMILES string of the molecule is Cc1ccc(NN)c(C(=O)N(C)Cc2ccncc2)c1. The van der Waals surface area contributed by atoms with E-state index >= 15 is 0 Å². The summed E-state index contributed by atoms with van der Waals surface area (Å²) in [6.07, 6.45) is 3.43. The Kier molecular flexibility index (Phi) is 4.32. The second kappa shape index (κ2) is 6.16. The van der Waals surface area contributed by atoms with Gasteiger partial charge >= 0.3 is 0 Å². The predicted octanol–water partition coefficient (Wildman–Crippen LogP) is 1.95. The number of aromatic nitrogens is 1. The normalized spacial score (nSPS) is 10.2. The number of nitrogens with zero attached hydrogens (tertiary/aromatic N) is 2. The van der Waals surface area contributed by atoms with Crippen LogP contribution in [-0.2, 0) is 6.54 Å². The molecule has 104 valence electrons. The van der Waals surface area contributed by atoms with Crippen molar-refractivity contribution < 1.29 is 4.79 Å². The van der Waals surface area contributed by atoms with Crippen LogP contribution in [0.1, 0.15) is 21.5 Å². The quantitative estimate of drug-likeness (QED) is 0.658. The zero-order valence-corrected chi connectivity index (χ0v) is 11.6. The van der Waals surface area contributed by atoms with Gasteiger partial charge < -0.3 is 10.3 Å². The van der Waals surface area contributed by atoms with Crippen molar-refractivity contribution in [3.8, 4) is 0 Å². The molecule has 0 radical (unpaired) electrons. The lowest BCUT2D eigenvalue weighted by molar-refractivity contribution is 0.0786. The molecule has 5 heteroatoms. The number of pyridine rings is 1. The molecule has 3 N–H and O–H groups in total. The van der Waals surface area contributed by atoms with Crippen LogP contribution in [0.25, 0.3) is 0 Å². The summed E-state index contributed by atoms with van der Waals surface area (Å²) in [5.41, 5.74) is 5.82. The van der Waals surface area contributed by atoms with E-state index in [4.69, 9.17) is 5.84 Å². The molecule has 0 saturated carbocycles. The molecule has 0 aliphatic carbocycles. The van der Waals surface area contributed by atoms with E-state index in [9.17, 15) is 4.79 Å². The highest BCUT2D eigenvalue weighted by molar-refractivity contribution is 5.99. The number of benzene rings is 1. The molecule has 0 unspecified atom stereocenters. The maximum absolute atomic E-state index is 12.5. The highest BCUT2D eigenvalue weighted by Crippen LogP contribution is 2.18. The number of hydrogen-bond acceptors (Lipinski definition) is 4. The topological polar surface area (TPSA) is 71.2 Å². The number of nitrogen functional groups attached to an aromatic ring is 1. The van der Waals surface area contributed by atoms with Crippen LogP contribution < -0.4 is 11.3 Å². The minimum atomic E-state index is -0.0709. The third kappa shape index (κ3) is 3.13. The Bertz CT molecular complexity index is 598. The summed E-state index contributed by atoms with van der Waals surface area (Å²) in [6.45, 7) is 2.47. The van der Waals surface area contributed by atoms with Crippen molar-refractivity contribution in [2.45, 2.75) is 13.5 Å². The Labute approximate surface area is 118 Å². The number of rotatable bonds is 4. The van der Waals surface area contributed by atoms with Crippen LogP contribution >= 0.6 is 0 Å². The average Bonchev–Trinajstić information content (AvgIpc) is 2.47. The number of nitrogens with two attached hydrogens (primary N) is 1. The molecule has 1 amide bonds. The fraction of sp³-hybridized carbons (Fsp3) is 0.200. The van der Waals surface area contributed by atoms with Gasteiger partial charge in [0.1, 0.15) is 0 Å². The number of carbonyl (C=O) groups excluding carboxylic acids is 1. The fourth-order valence-electron chi connectivity index (χ4n) is 2.00. The maximum Gasteiger partial charge on any atom is 0.256 e. The first-order valence-electron chi connectivity index (χ1n) is 6.33. The van der Waals surface area contributed by atoms with E-state index in [-0.39, 0.29) is 5.91 Å². The number of carbonyl (C=O) groups is 1. The summed E-state index contributed by atoms with van der Waals surface area (Å²) in [6, 6.07) is 9.34. The monoisotopic (exact) mass is 270 g/mol. The lowest BCUT2D eigenvalue weighted by atomic mass is 10.1. The molecule has 0 atom stereocenters. The Balaban J connectivity index is 2.20. The molecular weight excluding hydrogens is 252 g/mol. The van der Waals surface area contributed by atoms with Crippen molar-refractivity contribution in [2.24, 2.45) is 5.84 Å². The number of amides is 1. The molecular formula is C15H18N4O. The Morgan fingerprint density at radius 1 is 1.30 bits per heavy atom. The van der Waals surface area contributed by atoms with E-state index in [0.29, 0.717) is 17.8 Å². The largest absolute Gasteiger partial charge is 0.337 e. The highest BCUT2D eigenvalue weighted by Gasteiger charge is 2.16. The molecule has 2 aromatic rings. The first-order chi connectivity index (χ1) is 9.61. The van der Waals surface area contributed by atoms with Gasteiger partial charge in [0.25, 0.3) is 5.91 Å². The van der Waals surface area contributed by atoms with Gasteiger partial charge in [-0.05, 0) is 36.8 Å². The van der Waals surface area contributed by atoms with Crippen molar-refractivity contribution in [2.75, 3.05) is 12.5 Å². The summed E-state index contributed by atoms with van der Waals surface area (Å²) in [4.78, 5) is 18.1. The minimum Gasteiger partial charge on any atom is -0.337 e. The van der Waals surface area contributed by atoms with Crippen molar-refractivity contribution in [3.05, 3.63) is 59.4 Å². The third-order valence-corrected chi connectivity index (χ3v) is 3.08. The van der Waals surface area contributed by atoms with E-state index in [1.165, 1.54) is 0 Å². The molecule has 0 saturated heterocycles. The zero-order valence-electron chi connectivity index (χ0n) is 11.6. The average molecular weight is 270 g/mol. The van der Waals surface area contributed by atoms with Gasteiger partial charge in [-0.2, -0.15) is 0 Å². The molecule has 1 heterocycles. The van der Waals surface area contributed by atoms with Gasteiger partial charge in [0.05, 0.1) is 11.3 Å². The molecule has 0 spiro atoms. The second-order valence-corrected chi connectivity index (χ2v) is 4.71. The van der Waals surface area contributed by atoms with E-state index < -0.39 is 0 Å². The van der Waals surface area contributed by atoms with Crippen LogP contribution in [0.4, 0.5) is 5.69 Å². The number of anilines is 1. The van der Waals surface area contributed by atoms with Gasteiger partial charge in [0.2, 0.25) is 0 Å². The van der Waals surface area contributed by atoms with Crippen LogP contribution in [0.2, 0.25) is 0 Å². The first kappa shape index (κ1) is 14.0. The second-order valence-electron chi connectivity index (χ2n) is 4.71. The van der Waals surface area contributed by atoms with Crippen molar-refractivity contribution in [1.29, 1.82) is 0 Å². The van der Waals surface area contributed by atoms with Crippen molar-refractivity contribution in [3.63, 3.8) is 0 Å². The van der Waals surface area contributed by atoms with Gasteiger partial charge in [-0.3, -0.25) is 15.6 Å². The summed E-state index contributed by atoms with van der Waals surface area (Å²) in [7, 11) is 1.77. The van der Waals surface area contributed by atoms with Crippen LogP contribution in [0, 0.1) is 6.92 Å². The molecule has 20 heavy (non-hydrogen) atoms. The molecule has 5 nitrogen and oxygen atoms in total. The summed E-state index contributed by atoms with van der Waals surface area (Å²) >= 11 is 0. The summed E-state index contributed by atoms with van der Waals surface area (Å²) in [5, 5.41) is 0. The van der Waals surface area contributed by atoms with Gasteiger partial charge in [0.15, 0.2) is 0 Å². The van der Waals surface area contributed by atoms with Crippen LogP contribution in [0.5, 0.6) is 0 Å². The highest BCUT2D eigenvalue weighted by atomic mass is 16.2. The lowest BCUT2D eigenvalue weighted by Gasteiger charge is -2.19. The third-order valence-electron chi connectivity index (χ3n) is 3.08. The number of aryl methyl sites for hydroxylation is 1. The molecule has 0 aliphatic rings. The van der Waals surface area contributed by atoms with E-state index in [1.807, 2.05) is 37.3 Å². The summed E-state index contributed by atoms with van der Waals surface area (Å²) in [5.74, 6) is 5.39. The smallest absolute Gasteiger partial charge is 0.256 e. The van der Waals surface area contributed by atoms with Crippen LogP contribution in [-0.4, -0.2) is 22.8 Å². The van der Waals surface area contributed by atoms with Crippen LogP contribution in [0.15, 0.2) is 42.7 Å². The van der Waals surface area contributed by atoms with Gasteiger partial charge in [-0.25, -0.2) is 0 Å².